The van der Waals surface area contributed by atoms with E-state index in [0.29, 0.717) is 16.8 Å². The summed E-state index contributed by atoms with van der Waals surface area (Å²) in [6, 6.07) is 0.869. The number of nitrogens with zero attached hydrogens (tertiary/aromatic N) is 2. The summed E-state index contributed by atoms with van der Waals surface area (Å²) >= 11 is 2.00. The van der Waals surface area contributed by atoms with Gasteiger partial charge in [-0.1, -0.05) is 20.8 Å². The summed E-state index contributed by atoms with van der Waals surface area (Å²) in [4.78, 5) is 0. The van der Waals surface area contributed by atoms with Gasteiger partial charge in [0.25, 0.3) is 0 Å². The van der Waals surface area contributed by atoms with Gasteiger partial charge in [0.2, 0.25) is 0 Å². The lowest BCUT2D eigenvalue weighted by Gasteiger charge is -2.23. The maximum Gasteiger partial charge on any atom is 0.0537 e. The van der Waals surface area contributed by atoms with Crippen molar-refractivity contribution in [3.05, 3.63) is 18.0 Å². The van der Waals surface area contributed by atoms with Gasteiger partial charge < -0.3 is 5.32 Å². The van der Waals surface area contributed by atoms with Gasteiger partial charge in [-0.3, -0.25) is 4.68 Å². The highest BCUT2D eigenvalue weighted by molar-refractivity contribution is 8.00. The fourth-order valence-corrected chi connectivity index (χ4v) is 2.46. The van der Waals surface area contributed by atoms with Gasteiger partial charge in [-0.25, -0.2) is 0 Å². The Bertz CT molecular complexity index is 341. The average molecular weight is 255 g/mol. The van der Waals surface area contributed by atoms with Crippen LogP contribution in [0.3, 0.4) is 0 Å². The summed E-state index contributed by atoms with van der Waals surface area (Å²) in [6.07, 6.45) is 4.00. The fourth-order valence-electron chi connectivity index (χ4n) is 1.61. The molecule has 4 heteroatoms. The molecule has 1 aromatic heterocycles. The minimum atomic E-state index is 0.341. The Morgan fingerprint density at radius 2 is 2.06 bits per heavy atom. The van der Waals surface area contributed by atoms with Gasteiger partial charge in [0.1, 0.15) is 0 Å². The van der Waals surface area contributed by atoms with Gasteiger partial charge in [0.05, 0.1) is 6.20 Å². The molecule has 0 saturated heterocycles. The van der Waals surface area contributed by atoms with E-state index in [1.165, 1.54) is 5.56 Å². The van der Waals surface area contributed by atoms with Crippen molar-refractivity contribution in [3.63, 3.8) is 0 Å². The van der Waals surface area contributed by atoms with Crippen molar-refractivity contribution >= 4 is 11.8 Å². The summed E-state index contributed by atoms with van der Waals surface area (Å²) < 4.78 is 2.19. The summed E-state index contributed by atoms with van der Waals surface area (Å²) in [5.41, 5.74) is 1.25. The first kappa shape index (κ1) is 14.6. The first-order valence-electron chi connectivity index (χ1n) is 6.16. The molecule has 17 heavy (non-hydrogen) atoms. The van der Waals surface area contributed by atoms with Crippen molar-refractivity contribution < 1.29 is 0 Å². The molecule has 1 rings (SSSR count). The average Bonchev–Trinajstić information content (AvgIpc) is 2.61. The molecule has 0 unspecified atom stereocenters. The molecule has 0 amide bonds. The minimum absolute atomic E-state index is 0.341. The predicted octanol–water partition coefficient (Wildman–Crippen LogP) is 2.99. The molecular formula is C13H25N3S. The largest absolute Gasteiger partial charge is 0.307 e. The predicted molar refractivity (Wildman–Crippen MR) is 76.4 cm³/mol. The van der Waals surface area contributed by atoms with Gasteiger partial charge in [0.15, 0.2) is 0 Å². The van der Waals surface area contributed by atoms with Gasteiger partial charge in [-0.2, -0.15) is 16.9 Å². The Hall–Kier alpha value is -0.480. The van der Waals surface area contributed by atoms with E-state index < -0.39 is 0 Å². The van der Waals surface area contributed by atoms with Crippen molar-refractivity contribution in [2.24, 2.45) is 7.05 Å². The van der Waals surface area contributed by atoms with Crippen LogP contribution in [0.2, 0.25) is 0 Å². The molecule has 0 fully saturated rings. The molecule has 0 aromatic carbocycles. The number of aryl methyl sites for hydroxylation is 1. The quantitative estimate of drug-likeness (QED) is 0.877. The number of rotatable bonds is 5. The zero-order valence-corrected chi connectivity index (χ0v) is 12.6. The van der Waals surface area contributed by atoms with Crippen LogP contribution < -0.4 is 5.32 Å². The molecule has 0 spiro atoms. The Morgan fingerprint density at radius 3 is 2.53 bits per heavy atom. The lowest BCUT2D eigenvalue weighted by atomic mass is 10.2. The molecule has 3 nitrogen and oxygen atoms in total. The second-order valence-electron chi connectivity index (χ2n) is 5.66. The topological polar surface area (TPSA) is 29.9 Å². The number of thioether (sulfide) groups is 1. The van der Waals surface area contributed by atoms with Crippen LogP contribution in [0.15, 0.2) is 12.4 Å². The number of hydrogen-bond donors (Lipinski definition) is 1. The van der Waals surface area contributed by atoms with Crippen molar-refractivity contribution in [2.75, 3.05) is 5.75 Å². The first-order chi connectivity index (χ1) is 7.78. The normalized spacial score (nSPS) is 15.9. The molecule has 0 bridgehead atoms. The fraction of sp³-hybridized carbons (Fsp3) is 0.769. The molecule has 1 N–H and O–H groups in total. The second kappa shape index (κ2) is 5.91. The van der Waals surface area contributed by atoms with Crippen LogP contribution in [0.1, 0.15) is 46.2 Å². The maximum absolute atomic E-state index is 4.20. The Labute approximate surface area is 109 Å². The van der Waals surface area contributed by atoms with E-state index in [9.17, 15) is 0 Å². The third-order valence-electron chi connectivity index (χ3n) is 2.53. The number of nitrogens with one attached hydrogen (secondary N) is 1. The monoisotopic (exact) mass is 255 g/mol. The zero-order chi connectivity index (χ0) is 13.1. The lowest BCUT2D eigenvalue weighted by Crippen LogP contribution is -2.32. The molecule has 0 aliphatic heterocycles. The molecule has 0 saturated carbocycles. The van der Waals surface area contributed by atoms with Crippen molar-refractivity contribution in [3.8, 4) is 0 Å². The highest BCUT2D eigenvalue weighted by Crippen LogP contribution is 2.24. The smallest absolute Gasteiger partial charge is 0.0537 e. The van der Waals surface area contributed by atoms with E-state index in [1.807, 2.05) is 29.7 Å². The highest BCUT2D eigenvalue weighted by atomic mass is 32.2. The molecule has 0 radical (unpaired) electrons. The van der Waals surface area contributed by atoms with E-state index in [0.717, 1.165) is 5.75 Å². The van der Waals surface area contributed by atoms with Crippen LogP contribution in [0.5, 0.6) is 0 Å². The Balaban J connectivity index is 2.38. The highest BCUT2D eigenvalue weighted by Gasteiger charge is 2.15. The molecule has 0 aliphatic carbocycles. The Morgan fingerprint density at radius 1 is 1.41 bits per heavy atom. The van der Waals surface area contributed by atoms with Crippen LogP contribution in [0.4, 0.5) is 0 Å². The third kappa shape index (κ3) is 5.59. The number of aromatic nitrogens is 2. The van der Waals surface area contributed by atoms with E-state index in [-0.39, 0.29) is 0 Å². The summed E-state index contributed by atoms with van der Waals surface area (Å²) in [7, 11) is 1.95. The van der Waals surface area contributed by atoms with Crippen LogP contribution in [-0.4, -0.2) is 26.3 Å². The summed E-state index contributed by atoms with van der Waals surface area (Å²) in [5, 5.41) is 7.81. The number of hydrogen-bond acceptors (Lipinski definition) is 3. The van der Waals surface area contributed by atoms with E-state index >= 15 is 0 Å². The molecule has 98 valence electrons. The van der Waals surface area contributed by atoms with Crippen LogP contribution in [0, 0.1) is 0 Å². The lowest BCUT2D eigenvalue weighted by molar-refractivity contribution is 0.510. The third-order valence-corrected chi connectivity index (χ3v) is 4.06. The van der Waals surface area contributed by atoms with Crippen LogP contribution in [0.25, 0.3) is 0 Å². The van der Waals surface area contributed by atoms with Gasteiger partial charge in [0, 0.05) is 41.4 Å². The van der Waals surface area contributed by atoms with Crippen molar-refractivity contribution in [1.82, 2.24) is 15.1 Å². The summed E-state index contributed by atoms with van der Waals surface area (Å²) in [5.74, 6) is 1.13. The Kier molecular flexibility index (Phi) is 5.07. The zero-order valence-electron chi connectivity index (χ0n) is 11.8. The van der Waals surface area contributed by atoms with Crippen LogP contribution >= 0.6 is 11.8 Å². The van der Waals surface area contributed by atoms with Gasteiger partial charge >= 0.3 is 0 Å². The summed E-state index contributed by atoms with van der Waals surface area (Å²) in [6.45, 7) is 11.2. The molecule has 1 heterocycles. The van der Waals surface area contributed by atoms with E-state index in [4.69, 9.17) is 0 Å². The minimum Gasteiger partial charge on any atom is -0.307 e. The molecular weight excluding hydrogens is 230 g/mol. The van der Waals surface area contributed by atoms with E-state index in [2.05, 4.69) is 51.2 Å². The SMILES string of the molecule is C[C@@H](CSC(C)(C)C)N[C@H](C)c1cnn(C)c1. The van der Waals surface area contributed by atoms with Gasteiger partial charge in [-0.05, 0) is 13.8 Å². The second-order valence-corrected chi connectivity index (χ2v) is 7.51. The molecule has 2 atom stereocenters. The molecule has 0 aliphatic rings. The first-order valence-corrected chi connectivity index (χ1v) is 7.15. The van der Waals surface area contributed by atoms with Gasteiger partial charge in [-0.15, -0.1) is 0 Å². The standard InChI is InChI=1S/C13H25N3S/c1-10(9-17-13(3,4)5)15-11(2)12-7-14-16(6)8-12/h7-8,10-11,15H,9H2,1-6H3/t10-,11+/m0/s1. The molecule has 1 aromatic rings. The maximum atomic E-state index is 4.20. The van der Waals surface area contributed by atoms with Crippen LogP contribution in [-0.2, 0) is 7.05 Å². The van der Waals surface area contributed by atoms with Crippen molar-refractivity contribution in [2.45, 2.75) is 51.4 Å². The van der Waals surface area contributed by atoms with E-state index in [1.54, 1.807) is 0 Å². The van der Waals surface area contributed by atoms with Crippen molar-refractivity contribution in [1.29, 1.82) is 0 Å².